The second-order valence-electron chi connectivity index (χ2n) is 5.35. The van der Waals surface area contributed by atoms with Gasteiger partial charge in [-0.05, 0) is 17.7 Å². The fourth-order valence-corrected chi connectivity index (χ4v) is 3.06. The van der Waals surface area contributed by atoms with Crippen molar-refractivity contribution in [3.8, 4) is 5.69 Å². The molecule has 5 nitrogen and oxygen atoms in total. The summed E-state index contributed by atoms with van der Waals surface area (Å²) in [6.07, 6.45) is 5.36. The van der Waals surface area contributed by atoms with Crippen molar-refractivity contribution in [2.24, 2.45) is 0 Å². The summed E-state index contributed by atoms with van der Waals surface area (Å²) in [4.78, 5) is 10.7. The molecule has 1 aliphatic rings. The van der Waals surface area contributed by atoms with Gasteiger partial charge in [0.2, 0.25) is 0 Å². The van der Waals surface area contributed by atoms with E-state index in [1.54, 1.807) is 6.33 Å². The molecule has 2 aromatic heterocycles. The lowest BCUT2D eigenvalue weighted by molar-refractivity contribution is 0.254. The number of aliphatic hydroxyl groups is 1. The van der Waals surface area contributed by atoms with Crippen LogP contribution in [0.3, 0.4) is 0 Å². The van der Waals surface area contributed by atoms with E-state index in [4.69, 9.17) is 0 Å². The van der Waals surface area contributed by atoms with Gasteiger partial charge in [0.15, 0.2) is 5.82 Å². The lowest BCUT2D eigenvalue weighted by atomic mass is 10.1. The Bertz CT molecular complexity index is 784. The van der Waals surface area contributed by atoms with Crippen molar-refractivity contribution in [3.05, 3.63) is 72.4 Å². The third-order valence-corrected chi connectivity index (χ3v) is 4.07. The van der Waals surface area contributed by atoms with Crippen LogP contribution in [0.2, 0.25) is 0 Å². The van der Waals surface area contributed by atoms with E-state index in [-0.39, 0.29) is 12.6 Å². The Hall–Kier alpha value is -2.66. The third kappa shape index (κ3) is 1.98. The van der Waals surface area contributed by atoms with Crippen molar-refractivity contribution in [2.75, 3.05) is 11.5 Å². The zero-order valence-corrected chi connectivity index (χ0v) is 12.0. The maximum Gasteiger partial charge on any atom is 0.157 e. The lowest BCUT2D eigenvalue weighted by Crippen LogP contribution is -2.36. The molecule has 3 aromatic rings. The molecular formula is C17H16N4O. The van der Waals surface area contributed by atoms with Gasteiger partial charge in [0.1, 0.15) is 12.0 Å². The molecule has 1 aromatic carbocycles. The van der Waals surface area contributed by atoms with Crippen LogP contribution in [0.4, 0.5) is 5.82 Å². The number of hydrogen-bond acceptors (Lipinski definition) is 4. The van der Waals surface area contributed by atoms with E-state index in [2.05, 4.69) is 31.6 Å². The number of nitrogens with zero attached hydrogens (tertiary/aromatic N) is 4. The number of benzene rings is 1. The minimum atomic E-state index is -0.113. The van der Waals surface area contributed by atoms with E-state index in [0.29, 0.717) is 6.54 Å². The molecule has 0 saturated heterocycles. The highest BCUT2D eigenvalue weighted by Crippen LogP contribution is 2.37. The molecule has 0 aliphatic carbocycles. The van der Waals surface area contributed by atoms with Crippen molar-refractivity contribution >= 4 is 5.82 Å². The molecule has 1 atom stereocenters. The van der Waals surface area contributed by atoms with E-state index >= 15 is 0 Å². The van der Waals surface area contributed by atoms with Gasteiger partial charge in [-0.25, -0.2) is 9.97 Å². The van der Waals surface area contributed by atoms with E-state index in [9.17, 15) is 5.11 Å². The normalized spacial score (nSPS) is 16.2. The van der Waals surface area contributed by atoms with Crippen LogP contribution < -0.4 is 4.90 Å². The Kier molecular flexibility index (Phi) is 3.12. The maximum atomic E-state index is 9.93. The van der Waals surface area contributed by atoms with E-state index in [1.807, 2.05) is 42.7 Å². The Labute approximate surface area is 128 Å². The molecule has 3 heterocycles. The number of rotatable bonds is 3. The second kappa shape index (κ2) is 5.27. The Balaban J connectivity index is 1.83. The van der Waals surface area contributed by atoms with Crippen LogP contribution in [-0.2, 0) is 6.54 Å². The zero-order chi connectivity index (χ0) is 14.9. The fraction of sp³-hybridized carbons (Fsp3) is 0.176. The molecule has 0 radical (unpaired) electrons. The number of anilines is 1. The van der Waals surface area contributed by atoms with Crippen LogP contribution in [-0.4, -0.2) is 26.2 Å². The number of fused-ring (bicyclic) bond motifs is 3. The van der Waals surface area contributed by atoms with Crippen LogP contribution in [0.15, 0.2) is 61.2 Å². The molecule has 0 amide bonds. The summed E-state index contributed by atoms with van der Waals surface area (Å²) in [6, 6.07) is 14.1. The van der Waals surface area contributed by atoms with Gasteiger partial charge in [0, 0.05) is 18.4 Å². The maximum absolute atomic E-state index is 9.93. The van der Waals surface area contributed by atoms with Gasteiger partial charge >= 0.3 is 0 Å². The molecule has 1 unspecified atom stereocenters. The molecule has 1 aliphatic heterocycles. The molecular weight excluding hydrogens is 276 g/mol. The van der Waals surface area contributed by atoms with Crippen LogP contribution in [0, 0.1) is 0 Å². The first-order valence-electron chi connectivity index (χ1n) is 7.27. The van der Waals surface area contributed by atoms with E-state index in [0.717, 1.165) is 17.2 Å². The summed E-state index contributed by atoms with van der Waals surface area (Å²) in [5.74, 6) is 0.849. The Morgan fingerprint density at radius 3 is 2.77 bits per heavy atom. The van der Waals surface area contributed by atoms with Crippen LogP contribution in [0.5, 0.6) is 0 Å². The smallest absolute Gasteiger partial charge is 0.157 e. The first kappa shape index (κ1) is 13.0. The van der Waals surface area contributed by atoms with Crippen molar-refractivity contribution in [1.29, 1.82) is 0 Å². The summed E-state index contributed by atoms with van der Waals surface area (Å²) >= 11 is 0. The molecule has 22 heavy (non-hydrogen) atoms. The molecule has 4 rings (SSSR count). The number of aromatic nitrogens is 3. The van der Waals surface area contributed by atoms with Gasteiger partial charge in [-0.2, -0.15) is 0 Å². The average Bonchev–Trinajstić information content (AvgIpc) is 3.06. The van der Waals surface area contributed by atoms with Crippen molar-refractivity contribution < 1.29 is 5.11 Å². The lowest BCUT2D eigenvalue weighted by Gasteiger charge is -2.37. The highest BCUT2D eigenvalue weighted by molar-refractivity contribution is 5.62. The molecule has 0 saturated carbocycles. The number of aliphatic hydroxyl groups excluding tert-OH is 1. The van der Waals surface area contributed by atoms with Gasteiger partial charge in [-0.3, -0.25) is 0 Å². The summed E-state index contributed by atoms with van der Waals surface area (Å²) in [5.41, 5.74) is 3.19. The Morgan fingerprint density at radius 1 is 1.09 bits per heavy atom. The van der Waals surface area contributed by atoms with Crippen molar-refractivity contribution in [2.45, 2.75) is 12.6 Å². The van der Waals surface area contributed by atoms with Gasteiger partial charge in [0.05, 0.1) is 18.8 Å². The first-order valence-corrected chi connectivity index (χ1v) is 7.27. The molecule has 5 heteroatoms. The molecule has 1 N–H and O–H groups in total. The topological polar surface area (TPSA) is 54.2 Å². The summed E-state index contributed by atoms with van der Waals surface area (Å²) in [7, 11) is 0. The summed E-state index contributed by atoms with van der Waals surface area (Å²) in [6.45, 7) is 0.738. The molecule has 0 spiro atoms. The summed E-state index contributed by atoms with van der Waals surface area (Å²) < 4.78 is 2.05. The van der Waals surface area contributed by atoms with Gasteiger partial charge < -0.3 is 14.6 Å². The SMILES string of the molecule is OCC1c2cccn2-c2cncnc2N1Cc1ccccc1. The monoisotopic (exact) mass is 292 g/mol. The minimum Gasteiger partial charge on any atom is -0.394 e. The average molecular weight is 292 g/mol. The second-order valence-corrected chi connectivity index (χ2v) is 5.35. The van der Waals surface area contributed by atoms with Crippen molar-refractivity contribution in [1.82, 2.24) is 14.5 Å². The van der Waals surface area contributed by atoms with Crippen LogP contribution >= 0.6 is 0 Å². The minimum absolute atomic E-state index is 0.0420. The van der Waals surface area contributed by atoms with Gasteiger partial charge in [-0.15, -0.1) is 0 Å². The highest BCUT2D eigenvalue weighted by Gasteiger charge is 2.31. The largest absolute Gasteiger partial charge is 0.394 e. The predicted molar refractivity (Wildman–Crippen MR) is 83.8 cm³/mol. The van der Waals surface area contributed by atoms with Gasteiger partial charge in [0.25, 0.3) is 0 Å². The van der Waals surface area contributed by atoms with Crippen LogP contribution in [0.25, 0.3) is 5.69 Å². The van der Waals surface area contributed by atoms with E-state index in [1.165, 1.54) is 5.56 Å². The number of hydrogen-bond donors (Lipinski definition) is 1. The first-order chi connectivity index (χ1) is 10.9. The molecule has 110 valence electrons. The standard InChI is InChI=1S/C17H16N4O/c22-11-16-14-7-4-8-20(14)15-9-18-12-19-17(15)21(16)10-13-5-2-1-3-6-13/h1-9,12,16,22H,10-11H2. The molecule has 0 fully saturated rings. The van der Waals surface area contributed by atoms with Crippen molar-refractivity contribution in [3.63, 3.8) is 0 Å². The third-order valence-electron chi connectivity index (χ3n) is 4.07. The zero-order valence-electron chi connectivity index (χ0n) is 12.0. The van der Waals surface area contributed by atoms with E-state index < -0.39 is 0 Å². The molecule has 0 bridgehead atoms. The predicted octanol–water partition coefficient (Wildman–Crippen LogP) is 2.32. The van der Waals surface area contributed by atoms with Gasteiger partial charge in [-0.1, -0.05) is 30.3 Å². The summed E-state index contributed by atoms with van der Waals surface area (Å²) in [5, 5.41) is 9.93. The van der Waals surface area contributed by atoms with Crippen LogP contribution in [0.1, 0.15) is 17.3 Å². The quantitative estimate of drug-likeness (QED) is 0.805. The fourth-order valence-electron chi connectivity index (χ4n) is 3.06. The highest BCUT2D eigenvalue weighted by atomic mass is 16.3. The Morgan fingerprint density at radius 2 is 1.95 bits per heavy atom.